The first kappa shape index (κ1) is 23.3. The predicted octanol–water partition coefficient (Wildman–Crippen LogP) is 6.58. The molecule has 0 fully saturated rings. The minimum atomic E-state index is 0.129. The summed E-state index contributed by atoms with van der Waals surface area (Å²) in [4.78, 5) is 12.3. The van der Waals surface area contributed by atoms with Crippen molar-refractivity contribution in [2.75, 3.05) is 0 Å². The monoisotopic (exact) mass is 411 g/mol. The zero-order valence-electron chi connectivity index (χ0n) is 17.5. The Hall–Kier alpha value is -1.99. The number of phenols is 1. The molecule has 0 aliphatic heterocycles. The Kier molecular flexibility index (Phi) is 10.1. The van der Waals surface area contributed by atoms with E-state index < -0.39 is 0 Å². The summed E-state index contributed by atoms with van der Waals surface area (Å²) in [6.07, 6.45) is 8.95. The Morgan fingerprint density at radius 2 is 1.59 bits per heavy atom. The van der Waals surface area contributed by atoms with Gasteiger partial charge in [-0.05, 0) is 73.9 Å². The topological polar surface area (TPSA) is 61.1 Å². The molecule has 2 rings (SSSR count). The van der Waals surface area contributed by atoms with Gasteiger partial charge in [-0.2, -0.15) is 0 Å². The van der Waals surface area contributed by atoms with E-state index in [0.29, 0.717) is 17.9 Å². The maximum Gasteiger partial charge on any atom is 0.162 e. The zero-order chi connectivity index (χ0) is 21.1. The van der Waals surface area contributed by atoms with E-state index >= 15 is 0 Å². The number of Topliss-reactive ketones (excluding diaryl/α,β-unsaturated/α-hetero) is 1. The second-order valence-electron chi connectivity index (χ2n) is 7.78. The van der Waals surface area contributed by atoms with Crippen LogP contribution in [0.2, 0.25) is 0 Å². The molecule has 0 spiro atoms. The molecular formula is C25H34NO2P. The minimum Gasteiger partial charge on any atom is -0.508 e. The molecule has 2 aromatic rings. The third-order valence-electron chi connectivity index (χ3n) is 5.48. The molecule has 3 nitrogen and oxygen atoms in total. The van der Waals surface area contributed by atoms with E-state index in [4.69, 9.17) is 5.41 Å². The van der Waals surface area contributed by atoms with Crippen LogP contribution in [0.1, 0.15) is 73.4 Å². The number of unbranched alkanes of at least 4 members (excludes halogenated alkanes) is 1. The Morgan fingerprint density at radius 3 is 2.17 bits per heavy atom. The van der Waals surface area contributed by atoms with Crippen LogP contribution in [0.3, 0.4) is 0 Å². The van der Waals surface area contributed by atoms with Gasteiger partial charge in [-0.1, -0.05) is 53.3 Å². The number of hydrogen-bond donors (Lipinski definition) is 2. The van der Waals surface area contributed by atoms with Gasteiger partial charge in [-0.3, -0.25) is 4.79 Å². The second-order valence-corrected chi connectivity index (χ2v) is 8.40. The van der Waals surface area contributed by atoms with Crippen molar-refractivity contribution in [1.82, 2.24) is 0 Å². The number of hydrogen-bond acceptors (Lipinski definition) is 3. The fourth-order valence-electron chi connectivity index (χ4n) is 3.79. The predicted molar refractivity (Wildman–Crippen MR) is 125 cm³/mol. The molecule has 29 heavy (non-hydrogen) atoms. The standard InChI is InChI=1S/C25H34NO2P/c1-2-8-22(25(26)29)12-6-5-10-19-9-3-4-11-20(19)13-7-14-24(28)21-15-17-23(27)18-16-21/h3-4,9,11,15-18,22,26-27H,2,5-8,10,12-14,29H2,1H3. The molecule has 0 bridgehead atoms. The van der Waals surface area contributed by atoms with Crippen LogP contribution in [-0.4, -0.2) is 16.3 Å². The molecule has 0 radical (unpaired) electrons. The Labute approximate surface area is 177 Å². The van der Waals surface area contributed by atoms with Crippen LogP contribution in [0.15, 0.2) is 48.5 Å². The van der Waals surface area contributed by atoms with Crippen LogP contribution in [0.25, 0.3) is 0 Å². The van der Waals surface area contributed by atoms with Gasteiger partial charge in [0.2, 0.25) is 0 Å². The molecule has 0 heterocycles. The van der Waals surface area contributed by atoms with E-state index in [2.05, 4.69) is 40.4 Å². The van der Waals surface area contributed by atoms with E-state index in [1.54, 1.807) is 24.3 Å². The van der Waals surface area contributed by atoms with Gasteiger partial charge >= 0.3 is 0 Å². The Bertz CT molecular complexity index is 786. The van der Waals surface area contributed by atoms with Crippen molar-refractivity contribution in [2.24, 2.45) is 5.92 Å². The molecule has 0 aromatic heterocycles. The molecule has 4 heteroatoms. The average Bonchev–Trinajstić information content (AvgIpc) is 2.71. The lowest BCUT2D eigenvalue weighted by molar-refractivity contribution is 0.0980. The van der Waals surface area contributed by atoms with Crippen molar-refractivity contribution < 1.29 is 9.90 Å². The SMILES string of the molecule is CCCC(CCCCc1ccccc1CCCC(=O)c1ccc(O)cc1)C(=N)P. The molecular weight excluding hydrogens is 377 g/mol. The highest BCUT2D eigenvalue weighted by Gasteiger charge is 2.11. The lowest BCUT2D eigenvalue weighted by Gasteiger charge is -2.15. The fourth-order valence-corrected chi connectivity index (χ4v) is 4.12. The summed E-state index contributed by atoms with van der Waals surface area (Å²) in [7, 11) is 2.57. The van der Waals surface area contributed by atoms with Crippen molar-refractivity contribution in [3.05, 3.63) is 65.2 Å². The summed E-state index contributed by atoms with van der Waals surface area (Å²) in [5.41, 5.74) is 4.13. The lowest BCUT2D eigenvalue weighted by Crippen LogP contribution is -2.07. The van der Waals surface area contributed by atoms with Crippen molar-refractivity contribution in [2.45, 2.75) is 64.7 Å². The Balaban J connectivity index is 1.80. The number of carbonyl (C=O) groups is 1. The normalized spacial score (nSPS) is 11.9. The third kappa shape index (κ3) is 8.11. The highest BCUT2D eigenvalue weighted by molar-refractivity contribution is 7.40. The van der Waals surface area contributed by atoms with Crippen molar-refractivity contribution in [3.8, 4) is 5.75 Å². The maximum absolute atomic E-state index is 12.3. The summed E-state index contributed by atoms with van der Waals surface area (Å²) < 4.78 is 0. The van der Waals surface area contributed by atoms with Gasteiger partial charge in [0.1, 0.15) is 5.75 Å². The summed E-state index contributed by atoms with van der Waals surface area (Å²) >= 11 is 0. The number of phenolic OH excluding ortho intramolecular Hbond substituents is 1. The van der Waals surface area contributed by atoms with Gasteiger partial charge in [0.25, 0.3) is 0 Å². The summed E-state index contributed by atoms with van der Waals surface area (Å²) in [6, 6.07) is 15.1. The van der Waals surface area contributed by atoms with Crippen LogP contribution >= 0.6 is 9.24 Å². The van der Waals surface area contributed by atoms with Gasteiger partial charge in [0, 0.05) is 23.4 Å². The molecule has 0 aliphatic carbocycles. The molecule has 2 atom stereocenters. The summed E-state index contributed by atoms with van der Waals surface area (Å²) in [5.74, 6) is 0.724. The van der Waals surface area contributed by atoms with Gasteiger partial charge in [-0.15, -0.1) is 0 Å². The molecule has 156 valence electrons. The van der Waals surface area contributed by atoms with Crippen molar-refractivity contribution in [3.63, 3.8) is 0 Å². The van der Waals surface area contributed by atoms with Gasteiger partial charge in [0.05, 0.1) is 0 Å². The molecule has 0 amide bonds. The third-order valence-corrected chi connectivity index (χ3v) is 5.95. The first-order valence-electron chi connectivity index (χ1n) is 10.7. The number of aromatic hydroxyl groups is 1. The molecule has 0 saturated heterocycles. The van der Waals surface area contributed by atoms with E-state index in [0.717, 1.165) is 56.8 Å². The second kappa shape index (κ2) is 12.5. The number of rotatable bonds is 13. The van der Waals surface area contributed by atoms with E-state index in [9.17, 15) is 9.90 Å². The van der Waals surface area contributed by atoms with Gasteiger partial charge in [-0.25, -0.2) is 0 Å². The minimum absolute atomic E-state index is 0.129. The maximum atomic E-state index is 12.3. The van der Waals surface area contributed by atoms with Crippen LogP contribution < -0.4 is 0 Å². The van der Waals surface area contributed by atoms with Crippen LogP contribution in [0, 0.1) is 11.3 Å². The first-order chi connectivity index (χ1) is 14.0. The summed E-state index contributed by atoms with van der Waals surface area (Å²) in [6.45, 7) is 2.18. The number of nitrogens with one attached hydrogen (secondary N) is 1. The molecule has 0 saturated carbocycles. The van der Waals surface area contributed by atoms with E-state index in [-0.39, 0.29) is 11.5 Å². The van der Waals surface area contributed by atoms with E-state index in [1.807, 2.05) is 0 Å². The van der Waals surface area contributed by atoms with E-state index in [1.165, 1.54) is 11.1 Å². The average molecular weight is 412 g/mol. The Morgan fingerprint density at radius 1 is 0.966 bits per heavy atom. The zero-order valence-corrected chi connectivity index (χ0v) is 18.6. The number of carbonyl (C=O) groups excluding carboxylic acids is 1. The van der Waals surface area contributed by atoms with Crippen LogP contribution in [-0.2, 0) is 12.8 Å². The molecule has 2 aromatic carbocycles. The molecule has 2 N–H and O–H groups in total. The number of aryl methyl sites for hydroxylation is 2. The van der Waals surface area contributed by atoms with Crippen molar-refractivity contribution >= 4 is 20.5 Å². The summed E-state index contributed by atoms with van der Waals surface area (Å²) in [5, 5.41) is 17.2. The quantitative estimate of drug-likeness (QED) is 0.169. The van der Waals surface area contributed by atoms with Gasteiger partial charge < -0.3 is 10.5 Å². The largest absolute Gasteiger partial charge is 0.508 e. The fraction of sp³-hybridized carbons (Fsp3) is 0.440. The van der Waals surface area contributed by atoms with Crippen molar-refractivity contribution in [1.29, 1.82) is 5.41 Å². The number of ketones is 1. The van der Waals surface area contributed by atoms with Gasteiger partial charge in [0.15, 0.2) is 5.78 Å². The first-order valence-corrected chi connectivity index (χ1v) is 11.3. The highest BCUT2D eigenvalue weighted by atomic mass is 31.0. The molecule has 2 unspecified atom stereocenters. The lowest BCUT2D eigenvalue weighted by atomic mass is 9.94. The van der Waals surface area contributed by atoms with Crippen LogP contribution in [0.4, 0.5) is 0 Å². The number of benzene rings is 2. The molecule has 0 aliphatic rings. The smallest absolute Gasteiger partial charge is 0.162 e. The highest BCUT2D eigenvalue weighted by Crippen LogP contribution is 2.21. The van der Waals surface area contributed by atoms with Crippen LogP contribution in [0.5, 0.6) is 5.75 Å².